The molecular weight excluding hydrogens is 551 g/mol. The highest BCUT2D eigenvalue weighted by Gasteiger charge is 2.29. The van der Waals surface area contributed by atoms with Crippen LogP contribution >= 0.6 is 23.2 Å². The van der Waals surface area contributed by atoms with Crippen molar-refractivity contribution in [3.8, 4) is 11.4 Å². The van der Waals surface area contributed by atoms with Crippen LogP contribution in [-0.2, 0) is 14.8 Å². The number of pyridine rings is 1. The standard InChI is InChI=1S/C25H22Cl2N6O4S/c26-18-5-4-17-20(32-9-7-28-14-32)11-22(31-25(17)24(18)27)33-8-1-2-15(33)12-29-38(35,36)16-3-6-21-19(10-16)30-23(34)13-37-21/h3-7,9-11,14-15,29H,1-2,8,12-13H2,(H,30,34)/t15-/m0/s1. The van der Waals surface area contributed by atoms with E-state index in [2.05, 4.69) is 19.9 Å². The molecule has 0 radical (unpaired) electrons. The number of benzene rings is 2. The number of nitrogens with zero attached hydrogens (tertiary/aromatic N) is 4. The summed E-state index contributed by atoms with van der Waals surface area (Å²) in [5.41, 5.74) is 1.73. The van der Waals surface area contributed by atoms with Gasteiger partial charge in [-0.15, -0.1) is 0 Å². The molecule has 10 nitrogen and oxygen atoms in total. The minimum absolute atomic E-state index is 0.0410. The quantitative estimate of drug-likeness (QED) is 0.358. The van der Waals surface area contributed by atoms with Gasteiger partial charge in [-0.2, -0.15) is 0 Å². The summed E-state index contributed by atoms with van der Waals surface area (Å²) in [4.78, 5) is 22.8. The molecule has 0 unspecified atom stereocenters. The number of ether oxygens (including phenoxy) is 1. The Morgan fingerprint density at radius 3 is 2.87 bits per heavy atom. The molecule has 1 saturated heterocycles. The first-order valence-electron chi connectivity index (χ1n) is 11.9. The molecule has 13 heteroatoms. The van der Waals surface area contributed by atoms with Crippen LogP contribution in [0.5, 0.6) is 5.75 Å². The van der Waals surface area contributed by atoms with Crippen LogP contribution in [0.1, 0.15) is 12.8 Å². The summed E-state index contributed by atoms with van der Waals surface area (Å²) in [6.45, 7) is 0.776. The number of carbonyl (C=O) groups excluding carboxylic acids is 1. The molecule has 38 heavy (non-hydrogen) atoms. The van der Waals surface area contributed by atoms with Crippen LogP contribution < -0.4 is 19.7 Å². The third-order valence-corrected chi connectivity index (χ3v) is 8.91. The van der Waals surface area contributed by atoms with Gasteiger partial charge in [0.2, 0.25) is 10.0 Å². The molecule has 0 bridgehead atoms. The van der Waals surface area contributed by atoms with Gasteiger partial charge in [-0.3, -0.25) is 4.79 Å². The minimum atomic E-state index is -3.85. The predicted molar refractivity (Wildman–Crippen MR) is 145 cm³/mol. The van der Waals surface area contributed by atoms with E-state index in [1.165, 1.54) is 18.2 Å². The first kappa shape index (κ1) is 24.9. The monoisotopic (exact) mass is 572 g/mol. The van der Waals surface area contributed by atoms with E-state index >= 15 is 0 Å². The van der Waals surface area contributed by atoms with Crippen LogP contribution in [-0.4, -0.2) is 54.6 Å². The molecule has 2 aromatic carbocycles. The Labute approximate surface area is 228 Å². The van der Waals surface area contributed by atoms with Gasteiger partial charge in [0, 0.05) is 43.0 Å². The Morgan fingerprint density at radius 2 is 2.05 bits per heavy atom. The fourth-order valence-corrected chi connectivity index (χ4v) is 6.29. The largest absolute Gasteiger partial charge is 0.482 e. The summed E-state index contributed by atoms with van der Waals surface area (Å²) < 4.78 is 36.2. The van der Waals surface area contributed by atoms with Crippen molar-refractivity contribution in [1.29, 1.82) is 0 Å². The molecule has 2 N–H and O–H groups in total. The van der Waals surface area contributed by atoms with Crippen LogP contribution in [0.4, 0.5) is 11.5 Å². The minimum Gasteiger partial charge on any atom is -0.482 e. The topological polar surface area (TPSA) is 118 Å². The maximum absolute atomic E-state index is 13.1. The molecule has 0 aliphatic carbocycles. The van der Waals surface area contributed by atoms with Crippen molar-refractivity contribution < 1.29 is 17.9 Å². The molecule has 0 spiro atoms. The van der Waals surface area contributed by atoms with Gasteiger partial charge < -0.3 is 19.5 Å². The second kappa shape index (κ2) is 9.73. The second-order valence-corrected chi connectivity index (χ2v) is 11.6. The number of imidazole rings is 1. The lowest BCUT2D eigenvalue weighted by molar-refractivity contribution is -0.118. The number of fused-ring (bicyclic) bond motifs is 2. The lowest BCUT2D eigenvalue weighted by Crippen LogP contribution is -2.40. The third-order valence-electron chi connectivity index (χ3n) is 6.69. The van der Waals surface area contributed by atoms with Crippen LogP contribution in [0.2, 0.25) is 10.0 Å². The van der Waals surface area contributed by atoms with Crippen molar-refractivity contribution >= 4 is 61.5 Å². The van der Waals surface area contributed by atoms with Crippen LogP contribution in [0.25, 0.3) is 16.6 Å². The lowest BCUT2D eigenvalue weighted by Gasteiger charge is -2.27. The summed E-state index contributed by atoms with van der Waals surface area (Å²) in [5, 5.41) is 4.21. The van der Waals surface area contributed by atoms with Crippen molar-refractivity contribution in [2.45, 2.75) is 23.8 Å². The first-order chi connectivity index (χ1) is 18.3. The van der Waals surface area contributed by atoms with Gasteiger partial charge in [0.1, 0.15) is 11.6 Å². The summed E-state index contributed by atoms with van der Waals surface area (Å²) in [5.74, 6) is 0.766. The summed E-state index contributed by atoms with van der Waals surface area (Å²) in [6.07, 6.45) is 6.87. The van der Waals surface area contributed by atoms with Gasteiger partial charge >= 0.3 is 0 Å². The van der Waals surface area contributed by atoms with Crippen molar-refractivity contribution in [3.63, 3.8) is 0 Å². The van der Waals surface area contributed by atoms with Crippen molar-refractivity contribution in [3.05, 3.63) is 65.2 Å². The number of sulfonamides is 1. The number of anilines is 2. The summed E-state index contributed by atoms with van der Waals surface area (Å²) in [6, 6.07) is 9.82. The average Bonchev–Trinajstić information content (AvgIpc) is 3.61. The lowest BCUT2D eigenvalue weighted by atomic mass is 10.1. The Hall–Kier alpha value is -3.38. The fraction of sp³-hybridized carbons (Fsp3) is 0.240. The van der Waals surface area contributed by atoms with E-state index in [1.807, 2.05) is 22.9 Å². The van der Waals surface area contributed by atoms with E-state index < -0.39 is 10.0 Å². The highest BCUT2D eigenvalue weighted by molar-refractivity contribution is 7.89. The highest BCUT2D eigenvalue weighted by Crippen LogP contribution is 2.36. The number of carbonyl (C=O) groups is 1. The van der Waals surface area contributed by atoms with Crippen molar-refractivity contribution in [2.75, 3.05) is 29.9 Å². The number of amides is 1. The zero-order valence-electron chi connectivity index (χ0n) is 19.9. The van der Waals surface area contributed by atoms with E-state index in [0.29, 0.717) is 39.4 Å². The molecule has 196 valence electrons. The van der Waals surface area contributed by atoms with Crippen molar-refractivity contribution in [1.82, 2.24) is 19.3 Å². The molecule has 4 heterocycles. The van der Waals surface area contributed by atoms with Crippen molar-refractivity contribution in [2.24, 2.45) is 0 Å². The summed E-state index contributed by atoms with van der Waals surface area (Å²) in [7, 11) is -3.85. The number of halogens is 2. The predicted octanol–water partition coefficient (Wildman–Crippen LogP) is 4.01. The van der Waals surface area contributed by atoms with Gasteiger partial charge in [-0.05, 0) is 43.2 Å². The number of nitrogens with one attached hydrogen (secondary N) is 2. The Kier molecular flexibility index (Phi) is 6.39. The first-order valence-corrected chi connectivity index (χ1v) is 14.1. The van der Waals surface area contributed by atoms with Gasteiger partial charge in [-0.1, -0.05) is 23.2 Å². The maximum Gasteiger partial charge on any atom is 0.262 e. The molecular formula is C25H22Cl2N6O4S. The molecule has 1 amide bonds. The van der Waals surface area contributed by atoms with Gasteiger partial charge in [0.25, 0.3) is 5.91 Å². The number of hydrogen-bond acceptors (Lipinski definition) is 7. The Bertz CT molecular complexity index is 1660. The Balaban J connectivity index is 1.29. The van der Waals surface area contributed by atoms with Gasteiger partial charge in [-0.25, -0.2) is 23.1 Å². The third kappa shape index (κ3) is 4.55. The average molecular weight is 573 g/mol. The second-order valence-electron chi connectivity index (χ2n) is 9.06. The maximum atomic E-state index is 13.1. The SMILES string of the molecule is O=C1COc2ccc(S(=O)(=O)NC[C@@H]3CCCN3c3cc(-n4ccnc4)c4ccc(Cl)c(Cl)c4n3)cc2N1. The molecule has 1 atom stereocenters. The molecule has 4 aromatic rings. The smallest absolute Gasteiger partial charge is 0.262 e. The normalized spacial score (nSPS) is 17.4. The highest BCUT2D eigenvalue weighted by atomic mass is 35.5. The molecule has 1 fully saturated rings. The number of aromatic nitrogens is 3. The van der Waals surface area contributed by atoms with E-state index in [0.717, 1.165) is 23.9 Å². The molecule has 0 saturated carbocycles. The fourth-order valence-electron chi connectivity index (χ4n) is 4.83. The molecule has 2 aliphatic rings. The van der Waals surface area contributed by atoms with Crippen LogP contribution in [0.15, 0.2) is 60.0 Å². The van der Waals surface area contributed by atoms with E-state index in [1.54, 1.807) is 18.6 Å². The van der Waals surface area contributed by atoms with Gasteiger partial charge in [0.15, 0.2) is 6.61 Å². The molecule has 2 aromatic heterocycles. The zero-order valence-corrected chi connectivity index (χ0v) is 22.2. The van der Waals surface area contributed by atoms with Crippen LogP contribution in [0, 0.1) is 0 Å². The number of hydrogen-bond donors (Lipinski definition) is 2. The van der Waals surface area contributed by atoms with Gasteiger partial charge in [0.05, 0.1) is 38.2 Å². The Morgan fingerprint density at radius 1 is 1.18 bits per heavy atom. The summed E-state index contributed by atoms with van der Waals surface area (Å²) >= 11 is 12.9. The zero-order chi connectivity index (χ0) is 26.4. The molecule has 2 aliphatic heterocycles. The van der Waals surface area contributed by atoms with E-state index in [4.69, 9.17) is 32.9 Å². The van der Waals surface area contributed by atoms with E-state index in [9.17, 15) is 13.2 Å². The molecule has 6 rings (SSSR count). The van der Waals surface area contributed by atoms with Crippen LogP contribution in [0.3, 0.4) is 0 Å². The number of rotatable bonds is 6. The van der Waals surface area contributed by atoms with E-state index in [-0.39, 0.29) is 30.0 Å².